The Bertz CT molecular complexity index is 292. The molecular formula is C11H16N2O2. The highest BCUT2D eigenvalue weighted by molar-refractivity contribution is 5.08. The summed E-state index contributed by atoms with van der Waals surface area (Å²) < 4.78 is 5.15. The number of aliphatic hydroxyl groups is 1. The number of pyridine rings is 1. The van der Waals surface area contributed by atoms with Crippen LogP contribution in [0.4, 0.5) is 0 Å². The van der Waals surface area contributed by atoms with Gasteiger partial charge in [0.05, 0.1) is 25.4 Å². The highest BCUT2D eigenvalue weighted by Gasteiger charge is 2.24. The fraction of sp³-hybridized carbons (Fsp3) is 0.545. The molecule has 2 N–H and O–H groups in total. The third-order valence-corrected chi connectivity index (χ3v) is 2.59. The second-order valence-corrected chi connectivity index (χ2v) is 3.78. The van der Waals surface area contributed by atoms with Crippen molar-refractivity contribution in [2.75, 3.05) is 19.8 Å². The minimum Gasteiger partial charge on any atom is -0.389 e. The number of rotatable bonds is 4. The smallest absolute Gasteiger partial charge is 0.0948 e. The summed E-state index contributed by atoms with van der Waals surface area (Å²) in [5.41, 5.74) is 1.21. The van der Waals surface area contributed by atoms with Crippen LogP contribution in [-0.2, 0) is 11.2 Å². The van der Waals surface area contributed by atoms with E-state index in [2.05, 4.69) is 16.4 Å². The third-order valence-electron chi connectivity index (χ3n) is 2.59. The standard InChI is InChI=1S/C11H16N2O2/c14-11-8-15-7-10(11)13-5-3-9-2-1-4-12-6-9/h1-2,4,6,10-11,13-14H,3,5,7-8H2. The van der Waals surface area contributed by atoms with Gasteiger partial charge in [-0.3, -0.25) is 4.98 Å². The van der Waals surface area contributed by atoms with E-state index in [0.717, 1.165) is 13.0 Å². The van der Waals surface area contributed by atoms with Crippen LogP contribution >= 0.6 is 0 Å². The van der Waals surface area contributed by atoms with E-state index in [1.807, 2.05) is 12.3 Å². The lowest BCUT2D eigenvalue weighted by Crippen LogP contribution is -2.39. The summed E-state index contributed by atoms with van der Waals surface area (Å²) in [6.45, 7) is 1.90. The topological polar surface area (TPSA) is 54.4 Å². The van der Waals surface area contributed by atoms with Crippen molar-refractivity contribution < 1.29 is 9.84 Å². The predicted octanol–water partition coefficient (Wildman–Crippen LogP) is -0.0266. The molecule has 0 radical (unpaired) electrons. The van der Waals surface area contributed by atoms with Crippen LogP contribution in [0.15, 0.2) is 24.5 Å². The van der Waals surface area contributed by atoms with Gasteiger partial charge in [0.25, 0.3) is 0 Å². The third kappa shape index (κ3) is 2.99. The number of nitrogens with one attached hydrogen (secondary N) is 1. The summed E-state index contributed by atoms with van der Waals surface area (Å²) in [7, 11) is 0. The van der Waals surface area contributed by atoms with E-state index in [1.165, 1.54) is 5.56 Å². The van der Waals surface area contributed by atoms with Crippen molar-refractivity contribution in [2.45, 2.75) is 18.6 Å². The summed E-state index contributed by atoms with van der Waals surface area (Å²) in [6, 6.07) is 4.07. The molecule has 4 heteroatoms. The van der Waals surface area contributed by atoms with E-state index >= 15 is 0 Å². The summed E-state index contributed by atoms with van der Waals surface area (Å²) in [5.74, 6) is 0. The molecule has 0 spiro atoms. The van der Waals surface area contributed by atoms with Gasteiger partial charge in [-0.2, -0.15) is 0 Å². The van der Waals surface area contributed by atoms with Gasteiger partial charge in [-0.1, -0.05) is 6.07 Å². The molecule has 1 aliphatic heterocycles. The zero-order valence-electron chi connectivity index (χ0n) is 8.60. The molecule has 0 saturated carbocycles. The molecule has 1 aliphatic rings. The lowest BCUT2D eigenvalue weighted by Gasteiger charge is -2.13. The van der Waals surface area contributed by atoms with Crippen molar-refractivity contribution in [1.29, 1.82) is 0 Å². The van der Waals surface area contributed by atoms with Gasteiger partial charge in [0, 0.05) is 12.4 Å². The van der Waals surface area contributed by atoms with Gasteiger partial charge < -0.3 is 15.2 Å². The number of hydrogen-bond donors (Lipinski definition) is 2. The molecule has 2 heterocycles. The van der Waals surface area contributed by atoms with E-state index in [-0.39, 0.29) is 12.1 Å². The minimum absolute atomic E-state index is 0.0849. The largest absolute Gasteiger partial charge is 0.389 e. The fourth-order valence-corrected chi connectivity index (χ4v) is 1.69. The number of ether oxygens (including phenoxy) is 1. The average molecular weight is 208 g/mol. The van der Waals surface area contributed by atoms with Crippen LogP contribution in [-0.4, -0.2) is 42.0 Å². The molecule has 0 aliphatic carbocycles. The van der Waals surface area contributed by atoms with Crippen molar-refractivity contribution in [1.82, 2.24) is 10.3 Å². The van der Waals surface area contributed by atoms with Crippen molar-refractivity contribution in [3.05, 3.63) is 30.1 Å². The lowest BCUT2D eigenvalue weighted by molar-refractivity contribution is 0.122. The van der Waals surface area contributed by atoms with Crippen molar-refractivity contribution in [2.24, 2.45) is 0 Å². The SMILES string of the molecule is OC1COCC1NCCc1cccnc1. The first-order chi connectivity index (χ1) is 7.36. The van der Waals surface area contributed by atoms with Crippen LogP contribution in [0.25, 0.3) is 0 Å². The van der Waals surface area contributed by atoms with Gasteiger partial charge >= 0.3 is 0 Å². The van der Waals surface area contributed by atoms with Gasteiger partial charge in [-0.15, -0.1) is 0 Å². The van der Waals surface area contributed by atoms with Crippen molar-refractivity contribution in [3.63, 3.8) is 0 Å². The molecule has 2 unspecified atom stereocenters. The minimum atomic E-state index is -0.362. The Hall–Kier alpha value is -0.970. The molecule has 2 atom stereocenters. The number of aliphatic hydroxyl groups excluding tert-OH is 1. The van der Waals surface area contributed by atoms with Gasteiger partial charge in [0.15, 0.2) is 0 Å². The zero-order valence-corrected chi connectivity index (χ0v) is 8.60. The Morgan fingerprint density at radius 2 is 2.47 bits per heavy atom. The van der Waals surface area contributed by atoms with Gasteiger partial charge in [-0.25, -0.2) is 0 Å². The molecule has 15 heavy (non-hydrogen) atoms. The summed E-state index contributed by atoms with van der Waals surface area (Å²) in [4.78, 5) is 4.05. The summed E-state index contributed by atoms with van der Waals surface area (Å²) in [6.07, 6.45) is 4.20. The molecule has 82 valence electrons. The van der Waals surface area contributed by atoms with E-state index < -0.39 is 0 Å². The van der Waals surface area contributed by atoms with Crippen molar-refractivity contribution >= 4 is 0 Å². The number of nitrogens with zero attached hydrogens (tertiary/aromatic N) is 1. The maximum atomic E-state index is 9.49. The Morgan fingerprint density at radius 1 is 1.53 bits per heavy atom. The molecule has 0 aromatic carbocycles. The molecule has 1 aromatic heterocycles. The van der Waals surface area contributed by atoms with Crippen LogP contribution in [0.1, 0.15) is 5.56 Å². The normalized spacial score (nSPS) is 25.7. The van der Waals surface area contributed by atoms with E-state index in [0.29, 0.717) is 13.2 Å². The second-order valence-electron chi connectivity index (χ2n) is 3.78. The monoisotopic (exact) mass is 208 g/mol. The summed E-state index contributed by atoms with van der Waals surface area (Å²) in [5, 5.41) is 12.8. The highest BCUT2D eigenvalue weighted by atomic mass is 16.5. The lowest BCUT2D eigenvalue weighted by atomic mass is 10.2. The fourth-order valence-electron chi connectivity index (χ4n) is 1.69. The first kappa shape index (κ1) is 10.5. The van der Waals surface area contributed by atoms with Crippen LogP contribution in [0.2, 0.25) is 0 Å². The summed E-state index contributed by atoms with van der Waals surface area (Å²) >= 11 is 0. The first-order valence-electron chi connectivity index (χ1n) is 5.24. The Labute approximate surface area is 89.3 Å². The molecule has 2 rings (SSSR count). The molecular weight excluding hydrogens is 192 g/mol. The Morgan fingerprint density at radius 3 is 3.13 bits per heavy atom. The van der Waals surface area contributed by atoms with Crippen LogP contribution in [0, 0.1) is 0 Å². The molecule has 1 saturated heterocycles. The molecule has 1 aromatic rings. The molecule has 4 nitrogen and oxygen atoms in total. The zero-order chi connectivity index (χ0) is 10.5. The Kier molecular flexibility index (Phi) is 3.66. The van der Waals surface area contributed by atoms with Gasteiger partial charge in [0.2, 0.25) is 0 Å². The van der Waals surface area contributed by atoms with E-state index in [1.54, 1.807) is 6.20 Å². The molecule has 0 bridgehead atoms. The average Bonchev–Trinajstić information content (AvgIpc) is 2.66. The number of aromatic nitrogens is 1. The molecule has 1 fully saturated rings. The van der Waals surface area contributed by atoms with Gasteiger partial charge in [0.1, 0.15) is 0 Å². The van der Waals surface area contributed by atoms with Crippen LogP contribution in [0.3, 0.4) is 0 Å². The first-order valence-corrected chi connectivity index (χ1v) is 5.24. The van der Waals surface area contributed by atoms with Crippen LogP contribution < -0.4 is 5.32 Å². The Balaban J connectivity index is 1.71. The predicted molar refractivity (Wildman–Crippen MR) is 56.6 cm³/mol. The number of hydrogen-bond acceptors (Lipinski definition) is 4. The molecule has 0 amide bonds. The highest BCUT2D eigenvalue weighted by Crippen LogP contribution is 2.05. The second kappa shape index (κ2) is 5.21. The maximum Gasteiger partial charge on any atom is 0.0948 e. The maximum absolute atomic E-state index is 9.49. The van der Waals surface area contributed by atoms with Crippen molar-refractivity contribution in [3.8, 4) is 0 Å². The van der Waals surface area contributed by atoms with E-state index in [4.69, 9.17) is 4.74 Å². The van der Waals surface area contributed by atoms with E-state index in [9.17, 15) is 5.11 Å². The van der Waals surface area contributed by atoms with Crippen LogP contribution in [0.5, 0.6) is 0 Å². The quantitative estimate of drug-likeness (QED) is 0.730. The van der Waals surface area contributed by atoms with Gasteiger partial charge in [-0.05, 0) is 24.6 Å².